The monoisotopic (exact) mass is 644 g/mol. The molecule has 0 spiro atoms. The number of anilines is 2. The molecule has 0 atom stereocenters. The summed E-state index contributed by atoms with van der Waals surface area (Å²) in [5, 5.41) is 18.7. The SMILES string of the molecule is CN(C)CCCn1cnc2c(N(NC(=O)c3cccc(N4CCN(C)CC4)c3)C3CCCC3)nc(C#N)nc21.O=C(O)C(F)(F)F. The molecule has 1 amide bonds. The number of carbonyl (C=O) groups is 2. The van der Waals surface area contributed by atoms with Gasteiger partial charge in [-0.1, -0.05) is 18.9 Å². The molecule has 1 saturated heterocycles. The molecular formula is C30H39F3N10O3. The first kappa shape index (κ1) is 34.4. The van der Waals surface area contributed by atoms with E-state index in [2.05, 4.69) is 54.3 Å². The van der Waals surface area contributed by atoms with Crippen LogP contribution in [0.2, 0.25) is 0 Å². The minimum atomic E-state index is -5.08. The number of hydrazine groups is 1. The van der Waals surface area contributed by atoms with Crippen LogP contribution in [-0.2, 0) is 11.3 Å². The second kappa shape index (κ2) is 15.2. The van der Waals surface area contributed by atoms with Crippen LogP contribution in [0.3, 0.4) is 0 Å². The Morgan fingerprint density at radius 2 is 1.80 bits per heavy atom. The van der Waals surface area contributed by atoms with Crippen molar-refractivity contribution in [2.24, 2.45) is 0 Å². The lowest BCUT2D eigenvalue weighted by Gasteiger charge is -2.34. The van der Waals surface area contributed by atoms with Crippen LogP contribution < -0.4 is 15.3 Å². The van der Waals surface area contributed by atoms with Crippen LogP contribution in [0.15, 0.2) is 30.6 Å². The number of carboxylic acid groups (broad SMARTS) is 1. The Balaban J connectivity index is 0.000000617. The van der Waals surface area contributed by atoms with Gasteiger partial charge in [-0.3, -0.25) is 15.2 Å². The number of piperazine rings is 1. The van der Waals surface area contributed by atoms with E-state index in [9.17, 15) is 23.2 Å². The molecule has 2 fully saturated rings. The number of nitriles is 1. The number of imidazole rings is 1. The summed E-state index contributed by atoms with van der Waals surface area (Å²) in [4.78, 5) is 43.0. The van der Waals surface area contributed by atoms with Gasteiger partial charge in [-0.2, -0.15) is 28.4 Å². The highest BCUT2D eigenvalue weighted by Gasteiger charge is 2.38. The van der Waals surface area contributed by atoms with E-state index in [1.807, 2.05) is 41.9 Å². The van der Waals surface area contributed by atoms with Gasteiger partial charge in [-0.15, -0.1) is 0 Å². The predicted octanol–water partition coefficient (Wildman–Crippen LogP) is 3.13. The van der Waals surface area contributed by atoms with Crippen LogP contribution in [-0.4, -0.2) is 112 Å². The van der Waals surface area contributed by atoms with Crippen molar-refractivity contribution in [2.45, 2.75) is 50.9 Å². The molecular weight excluding hydrogens is 605 g/mol. The Hall–Kier alpha value is -4.49. The Kier molecular flexibility index (Phi) is 11.4. The molecule has 1 aromatic carbocycles. The molecule has 3 heterocycles. The zero-order valence-corrected chi connectivity index (χ0v) is 26.2. The molecule has 1 aliphatic carbocycles. The summed E-state index contributed by atoms with van der Waals surface area (Å²) in [6.07, 6.45) is 1.61. The first-order chi connectivity index (χ1) is 21.9. The van der Waals surface area contributed by atoms with Gasteiger partial charge in [0.05, 0.1) is 12.4 Å². The summed E-state index contributed by atoms with van der Waals surface area (Å²) < 4.78 is 33.7. The van der Waals surface area contributed by atoms with E-state index in [-0.39, 0.29) is 17.8 Å². The molecule has 46 heavy (non-hydrogen) atoms. The number of aryl methyl sites for hydroxylation is 1. The third-order valence-corrected chi connectivity index (χ3v) is 7.91. The molecule has 0 radical (unpaired) electrons. The zero-order chi connectivity index (χ0) is 33.4. The van der Waals surface area contributed by atoms with E-state index in [4.69, 9.17) is 9.90 Å². The maximum atomic E-state index is 13.7. The lowest BCUT2D eigenvalue weighted by Crippen LogP contribution is -2.48. The fourth-order valence-corrected chi connectivity index (χ4v) is 5.43. The van der Waals surface area contributed by atoms with Crippen LogP contribution in [0.5, 0.6) is 0 Å². The third-order valence-electron chi connectivity index (χ3n) is 7.91. The first-order valence-electron chi connectivity index (χ1n) is 15.1. The van der Waals surface area contributed by atoms with Gasteiger partial charge in [0.25, 0.3) is 5.91 Å². The van der Waals surface area contributed by atoms with Crippen LogP contribution in [0.25, 0.3) is 11.2 Å². The third kappa shape index (κ3) is 8.82. The predicted molar refractivity (Wildman–Crippen MR) is 165 cm³/mol. The van der Waals surface area contributed by atoms with Gasteiger partial charge in [-0.05, 0) is 65.1 Å². The molecule has 3 aromatic rings. The molecule has 2 aliphatic rings. The molecule has 16 heteroatoms. The number of nitrogens with zero attached hydrogens (tertiary/aromatic N) is 9. The maximum Gasteiger partial charge on any atom is 0.490 e. The zero-order valence-electron chi connectivity index (χ0n) is 26.2. The normalized spacial score (nSPS) is 15.8. The first-order valence-corrected chi connectivity index (χ1v) is 15.1. The standard InChI is InChI=1S/C28H38N10O.C2HF3O2/c1-34(2)12-7-13-37-20-30-25-26(37)31-24(19-29)32-27(25)38(22-9-4-5-10-22)33-28(39)21-8-6-11-23(18-21)36-16-14-35(3)15-17-36;3-2(4,5)1(6)7/h6,8,11,18,20,22H,4-5,7,9-10,12-17H2,1-3H3,(H,33,39);(H,6,7). The number of alkyl halides is 3. The number of carboxylic acids is 1. The van der Waals surface area contributed by atoms with E-state index >= 15 is 0 Å². The average Bonchev–Trinajstić information content (AvgIpc) is 3.70. The van der Waals surface area contributed by atoms with Crippen molar-refractivity contribution in [3.8, 4) is 6.07 Å². The maximum absolute atomic E-state index is 13.7. The molecule has 1 aliphatic heterocycles. The summed E-state index contributed by atoms with van der Waals surface area (Å²) in [7, 11) is 6.22. The van der Waals surface area contributed by atoms with Gasteiger partial charge in [0.15, 0.2) is 17.0 Å². The summed E-state index contributed by atoms with van der Waals surface area (Å²) in [6, 6.07) is 9.98. The Bertz CT molecular complexity index is 1540. The molecule has 248 valence electrons. The minimum absolute atomic E-state index is 0.0679. The molecule has 2 aromatic heterocycles. The van der Waals surface area contributed by atoms with Crippen LogP contribution in [0, 0.1) is 11.3 Å². The average molecular weight is 645 g/mol. The number of aliphatic carboxylic acids is 1. The summed E-state index contributed by atoms with van der Waals surface area (Å²) >= 11 is 0. The van der Waals surface area contributed by atoms with Crippen molar-refractivity contribution in [1.82, 2.24) is 34.7 Å². The van der Waals surface area contributed by atoms with E-state index in [0.29, 0.717) is 22.5 Å². The second-order valence-corrected chi connectivity index (χ2v) is 11.6. The van der Waals surface area contributed by atoms with Gasteiger partial charge in [-0.25, -0.2) is 9.78 Å². The number of rotatable bonds is 9. The molecule has 0 unspecified atom stereocenters. The number of halogens is 3. The molecule has 13 nitrogen and oxygen atoms in total. The van der Waals surface area contributed by atoms with E-state index in [1.54, 1.807) is 6.33 Å². The van der Waals surface area contributed by atoms with Gasteiger partial charge in [0, 0.05) is 44.0 Å². The fraction of sp³-hybridized carbons (Fsp3) is 0.533. The summed E-state index contributed by atoms with van der Waals surface area (Å²) in [5.74, 6) is -2.40. The Labute approximate surface area is 265 Å². The molecule has 1 saturated carbocycles. The summed E-state index contributed by atoms with van der Waals surface area (Å²) in [5.41, 5.74) is 6.01. The number of nitrogens with one attached hydrogen (secondary N) is 1. The van der Waals surface area contributed by atoms with E-state index in [0.717, 1.165) is 77.1 Å². The number of benzene rings is 1. The molecule has 2 N–H and O–H groups in total. The number of fused-ring (bicyclic) bond motifs is 1. The van der Waals surface area contributed by atoms with Crippen molar-refractivity contribution in [3.63, 3.8) is 0 Å². The van der Waals surface area contributed by atoms with Crippen LogP contribution in [0.4, 0.5) is 24.7 Å². The minimum Gasteiger partial charge on any atom is -0.475 e. The van der Waals surface area contributed by atoms with Crippen LogP contribution >= 0.6 is 0 Å². The van der Waals surface area contributed by atoms with Crippen molar-refractivity contribution in [1.29, 1.82) is 5.26 Å². The van der Waals surface area contributed by atoms with E-state index < -0.39 is 12.1 Å². The smallest absolute Gasteiger partial charge is 0.475 e. The number of carbonyl (C=O) groups excluding carboxylic acids is 1. The van der Waals surface area contributed by atoms with Gasteiger partial charge in [0.2, 0.25) is 5.82 Å². The quantitative estimate of drug-likeness (QED) is 0.331. The number of aromatic nitrogens is 4. The fourth-order valence-electron chi connectivity index (χ4n) is 5.43. The lowest BCUT2D eigenvalue weighted by atomic mass is 10.1. The van der Waals surface area contributed by atoms with Crippen molar-refractivity contribution in [2.75, 3.05) is 63.8 Å². The Morgan fingerprint density at radius 3 is 2.41 bits per heavy atom. The largest absolute Gasteiger partial charge is 0.490 e. The highest BCUT2D eigenvalue weighted by molar-refractivity contribution is 5.97. The van der Waals surface area contributed by atoms with Crippen molar-refractivity contribution >= 4 is 34.5 Å². The van der Waals surface area contributed by atoms with Gasteiger partial charge in [0.1, 0.15) is 6.07 Å². The highest BCUT2D eigenvalue weighted by Crippen LogP contribution is 2.30. The number of likely N-dealkylation sites (N-methyl/N-ethyl adjacent to an activating group) is 1. The van der Waals surface area contributed by atoms with E-state index in [1.165, 1.54) is 0 Å². The summed E-state index contributed by atoms with van der Waals surface area (Å²) in [6.45, 7) is 5.52. The Morgan fingerprint density at radius 1 is 1.13 bits per heavy atom. The molecule has 0 bridgehead atoms. The lowest BCUT2D eigenvalue weighted by molar-refractivity contribution is -0.192. The van der Waals surface area contributed by atoms with Gasteiger partial charge < -0.3 is 24.4 Å². The number of hydrogen-bond donors (Lipinski definition) is 2. The van der Waals surface area contributed by atoms with Crippen molar-refractivity contribution in [3.05, 3.63) is 42.0 Å². The second-order valence-electron chi connectivity index (χ2n) is 11.6. The number of hydrogen-bond acceptors (Lipinski definition) is 10. The van der Waals surface area contributed by atoms with Crippen LogP contribution in [0.1, 0.15) is 48.3 Å². The topological polar surface area (TPSA) is 147 Å². The van der Waals surface area contributed by atoms with Crippen molar-refractivity contribution < 1.29 is 27.9 Å². The number of amides is 1. The van der Waals surface area contributed by atoms with Gasteiger partial charge >= 0.3 is 12.1 Å². The highest BCUT2D eigenvalue weighted by atomic mass is 19.4. The molecule has 5 rings (SSSR count).